The number of nitrogens with zero attached hydrogens (tertiary/aromatic N) is 3. The lowest BCUT2D eigenvalue weighted by Crippen LogP contribution is -2.63. The van der Waals surface area contributed by atoms with Gasteiger partial charge >= 0.3 is 0 Å². The minimum atomic E-state index is -1.10. The molecule has 5 atom stereocenters. The third-order valence-electron chi connectivity index (χ3n) is 12.5. The Bertz CT molecular complexity index is 1440. The summed E-state index contributed by atoms with van der Waals surface area (Å²) < 4.78 is 0. The van der Waals surface area contributed by atoms with Crippen LogP contribution in [0, 0.1) is 28.6 Å². The number of aromatic nitrogens is 2. The number of carbonyl (C=O) groups is 6. The maximum atomic E-state index is 14.9. The number of rotatable bonds is 18. The van der Waals surface area contributed by atoms with Crippen LogP contribution in [0.2, 0.25) is 0 Å². The van der Waals surface area contributed by atoms with Crippen molar-refractivity contribution in [1.29, 1.82) is 0 Å². The number of ketones is 1. The van der Waals surface area contributed by atoms with Crippen molar-refractivity contribution in [3.05, 3.63) is 24.3 Å². The predicted molar refractivity (Wildman–Crippen MR) is 201 cm³/mol. The molecule has 5 amide bonds. The zero-order valence-corrected chi connectivity index (χ0v) is 32.7. The fourth-order valence-corrected chi connectivity index (χ4v) is 8.59. The molecule has 13 nitrogen and oxygen atoms in total. The number of likely N-dealkylation sites (N-methyl/N-ethyl adjacent to an activating group) is 1. The van der Waals surface area contributed by atoms with Gasteiger partial charge in [-0.05, 0) is 74.0 Å². The van der Waals surface area contributed by atoms with Crippen LogP contribution in [0.5, 0.6) is 0 Å². The zero-order chi connectivity index (χ0) is 38.9. The van der Waals surface area contributed by atoms with Crippen LogP contribution in [0.1, 0.15) is 142 Å². The van der Waals surface area contributed by atoms with Crippen molar-refractivity contribution < 1.29 is 28.8 Å². The van der Waals surface area contributed by atoms with Crippen LogP contribution in [-0.2, 0) is 24.0 Å². The van der Waals surface area contributed by atoms with Gasteiger partial charge in [-0.15, -0.1) is 0 Å². The molecular formula is C40H63N7O6. The Morgan fingerprint density at radius 2 is 1.58 bits per heavy atom. The highest BCUT2D eigenvalue weighted by Gasteiger charge is 2.46. The highest BCUT2D eigenvalue weighted by atomic mass is 16.2. The molecular weight excluding hydrogens is 674 g/mol. The van der Waals surface area contributed by atoms with Gasteiger partial charge in [-0.3, -0.25) is 33.8 Å². The number of amides is 5. The average Bonchev–Trinajstić information content (AvgIpc) is 3.09. The van der Waals surface area contributed by atoms with E-state index in [1.165, 1.54) is 23.5 Å². The van der Waals surface area contributed by atoms with E-state index in [0.29, 0.717) is 12.8 Å². The standard InChI is InChI=1S/C40H63N7O6/c1-7-40(18-13-19-40)25(3)22-30(36(51)44-28(32(48)34(41)49)23-26-14-12-15-26)47(8-2)38(53)33(39(4,5)6)46-37(52)31(27-16-10-9-11-17-27)45-35(50)29-24-42-20-21-43-29/h20-21,24-28,30-31,33H,7-19,22-23H2,1-6H3,(H2,41,49)(H,44,51)(H,45,50)(H,46,52)/t25-,28?,30+,31+,33-/m1/s1. The van der Waals surface area contributed by atoms with E-state index >= 15 is 0 Å². The summed E-state index contributed by atoms with van der Waals surface area (Å²) in [7, 11) is 0. The topological polar surface area (TPSA) is 194 Å². The van der Waals surface area contributed by atoms with Crippen molar-refractivity contribution in [2.45, 2.75) is 156 Å². The molecule has 3 aliphatic carbocycles. The van der Waals surface area contributed by atoms with Crippen molar-refractivity contribution in [1.82, 2.24) is 30.8 Å². The minimum Gasteiger partial charge on any atom is -0.363 e. The second kappa shape index (κ2) is 18.4. The van der Waals surface area contributed by atoms with E-state index in [-0.39, 0.29) is 35.4 Å². The van der Waals surface area contributed by atoms with E-state index in [1.54, 1.807) is 6.92 Å². The fourth-order valence-electron chi connectivity index (χ4n) is 8.59. The maximum Gasteiger partial charge on any atom is 0.287 e. The van der Waals surface area contributed by atoms with Crippen molar-refractivity contribution in [2.75, 3.05) is 6.54 Å². The summed E-state index contributed by atoms with van der Waals surface area (Å²) in [5.74, 6) is -3.73. The van der Waals surface area contributed by atoms with Gasteiger partial charge in [0, 0.05) is 18.9 Å². The van der Waals surface area contributed by atoms with Gasteiger partial charge < -0.3 is 26.6 Å². The smallest absolute Gasteiger partial charge is 0.287 e. The lowest BCUT2D eigenvalue weighted by Gasteiger charge is -2.48. The summed E-state index contributed by atoms with van der Waals surface area (Å²) in [5, 5.41) is 8.79. The van der Waals surface area contributed by atoms with E-state index in [2.05, 4.69) is 39.8 Å². The molecule has 294 valence electrons. The van der Waals surface area contributed by atoms with Crippen molar-refractivity contribution >= 4 is 35.3 Å². The normalized spacial score (nSPS) is 20.3. The first-order valence-corrected chi connectivity index (χ1v) is 19.9. The van der Waals surface area contributed by atoms with Gasteiger partial charge in [-0.25, -0.2) is 4.98 Å². The minimum absolute atomic E-state index is 0.0432. The zero-order valence-electron chi connectivity index (χ0n) is 32.7. The van der Waals surface area contributed by atoms with E-state index < -0.39 is 64.9 Å². The van der Waals surface area contributed by atoms with Gasteiger partial charge in [0.2, 0.25) is 23.5 Å². The van der Waals surface area contributed by atoms with Crippen LogP contribution in [0.3, 0.4) is 0 Å². The molecule has 0 saturated heterocycles. The molecule has 1 heterocycles. The number of primary amides is 1. The monoisotopic (exact) mass is 737 g/mol. The van der Waals surface area contributed by atoms with E-state index in [1.807, 2.05) is 20.8 Å². The van der Waals surface area contributed by atoms with Crippen LogP contribution in [0.15, 0.2) is 18.6 Å². The van der Waals surface area contributed by atoms with Gasteiger partial charge in [0.05, 0.1) is 12.2 Å². The first-order valence-electron chi connectivity index (χ1n) is 19.9. The lowest BCUT2D eigenvalue weighted by molar-refractivity contribution is -0.148. The summed E-state index contributed by atoms with van der Waals surface area (Å²) in [6.07, 6.45) is 16.3. The molecule has 13 heteroatoms. The summed E-state index contributed by atoms with van der Waals surface area (Å²) in [6.45, 7) is 11.8. The first kappa shape index (κ1) is 41.9. The Morgan fingerprint density at radius 3 is 2.08 bits per heavy atom. The summed E-state index contributed by atoms with van der Waals surface area (Å²) in [5.41, 5.74) is 4.78. The highest BCUT2D eigenvalue weighted by molar-refractivity contribution is 6.37. The molecule has 5 N–H and O–H groups in total. The third-order valence-corrected chi connectivity index (χ3v) is 12.5. The molecule has 1 aromatic rings. The summed E-state index contributed by atoms with van der Waals surface area (Å²) in [6, 6.07) is -4.01. The number of carbonyl (C=O) groups excluding carboxylic acids is 6. The van der Waals surface area contributed by atoms with Gasteiger partial charge in [0.1, 0.15) is 23.8 Å². The van der Waals surface area contributed by atoms with E-state index in [0.717, 1.165) is 77.0 Å². The van der Waals surface area contributed by atoms with Crippen molar-refractivity contribution in [2.24, 2.45) is 34.3 Å². The first-order chi connectivity index (χ1) is 25.1. The molecule has 0 aliphatic heterocycles. The van der Waals surface area contributed by atoms with Crippen LogP contribution >= 0.6 is 0 Å². The number of hydrogen-bond donors (Lipinski definition) is 4. The Labute approximate surface area is 315 Å². The van der Waals surface area contributed by atoms with E-state index in [9.17, 15) is 28.8 Å². The Kier molecular flexibility index (Phi) is 14.5. The highest BCUT2D eigenvalue weighted by Crippen LogP contribution is 2.51. The maximum absolute atomic E-state index is 14.9. The molecule has 3 saturated carbocycles. The second-order valence-corrected chi connectivity index (χ2v) is 16.9. The van der Waals surface area contributed by atoms with Gasteiger partial charge in [0.15, 0.2) is 0 Å². The molecule has 4 rings (SSSR count). The molecule has 0 radical (unpaired) electrons. The van der Waals surface area contributed by atoms with Gasteiger partial charge in [-0.2, -0.15) is 0 Å². The average molecular weight is 738 g/mol. The summed E-state index contributed by atoms with van der Waals surface area (Å²) in [4.78, 5) is 91.6. The number of nitrogens with one attached hydrogen (secondary N) is 3. The molecule has 1 aromatic heterocycles. The lowest BCUT2D eigenvalue weighted by atomic mass is 9.59. The second-order valence-electron chi connectivity index (χ2n) is 16.9. The SMILES string of the molecule is CCN(C(=O)[C@@H](NC(=O)[C@@H](NC(=O)c1cnccn1)C1CCCCC1)C(C)(C)C)[C@@H](C[C@@H](C)C1(CC)CCC1)C(=O)NC(CC1CCC1)C(=O)C(N)=O. The largest absolute Gasteiger partial charge is 0.363 e. The predicted octanol–water partition coefficient (Wildman–Crippen LogP) is 4.24. The summed E-state index contributed by atoms with van der Waals surface area (Å²) >= 11 is 0. The Hall–Kier alpha value is -3.90. The fraction of sp³-hybridized carbons (Fsp3) is 0.750. The van der Waals surface area contributed by atoms with Crippen molar-refractivity contribution in [3.8, 4) is 0 Å². The Balaban J connectivity index is 1.64. The Morgan fingerprint density at radius 1 is 0.906 bits per heavy atom. The number of Topliss-reactive ketones (excluding diaryl/α,β-unsaturated/α-hetero) is 1. The van der Waals surface area contributed by atoms with Crippen LogP contribution in [0.25, 0.3) is 0 Å². The molecule has 53 heavy (non-hydrogen) atoms. The molecule has 0 aromatic carbocycles. The van der Waals surface area contributed by atoms with Gasteiger partial charge in [-0.1, -0.05) is 86.0 Å². The van der Waals surface area contributed by atoms with Crippen molar-refractivity contribution in [3.63, 3.8) is 0 Å². The number of nitrogens with two attached hydrogens (primary N) is 1. The number of hydrogen-bond acceptors (Lipinski definition) is 8. The molecule has 0 bridgehead atoms. The molecule has 3 fully saturated rings. The van der Waals surface area contributed by atoms with Gasteiger partial charge in [0.25, 0.3) is 11.8 Å². The molecule has 0 spiro atoms. The van der Waals surface area contributed by atoms with E-state index in [4.69, 9.17) is 5.73 Å². The third kappa shape index (κ3) is 10.4. The quantitative estimate of drug-likeness (QED) is 0.161. The van der Waals surface area contributed by atoms with Crippen LogP contribution < -0.4 is 21.7 Å². The molecule has 1 unspecified atom stereocenters. The van der Waals surface area contributed by atoms with Crippen LogP contribution in [0.4, 0.5) is 0 Å². The molecule has 3 aliphatic rings. The van der Waals surface area contributed by atoms with Crippen LogP contribution in [-0.4, -0.2) is 80.9 Å².